The molecule has 1 N–H and O–H groups in total. The van der Waals surface area contributed by atoms with Crippen LogP contribution in [0.3, 0.4) is 0 Å². The van der Waals surface area contributed by atoms with Crippen LogP contribution in [0.5, 0.6) is 0 Å². The number of nitrogens with zero attached hydrogens (tertiary/aromatic N) is 2. The molecule has 0 saturated carbocycles. The van der Waals surface area contributed by atoms with Gasteiger partial charge in [0.15, 0.2) is 0 Å². The maximum absolute atomic E-state index is 14.3. The van der Waals surface area contributed by atoms with Crippen LogP contribution in [0.15, 0.2) is 72.0 Å². The number of likely N-dealkylation sites (tertiary alicyclic amines) is 2. The van der Waals surface area contributed by atoms with Crippen LogP contribution in [0.2, 0.25) is 0 Å². The van der Waals surface area contributed by atoms with Crippen LogP contribution < -0.4 is 5.32 Å². The molecular weight excluding hydrogens is 453 g/mol. The van der Waals surface area contributed by atoms with E-state index >= 15 is 0 Å². The Morgan fingerprint density at radius 1 is 1.00 bits per heavy atom. The predicted octanol–water partition coefficient (Wildman–Crippen LogP) is 4.85. The quantitative estimate of drug-likeness (QED) is 0.515. The molecule has 2 aromatic carbocycles. The van der Waals surface area contributed by atoms with Gasteiger partial charge in [0.05, 0.1) is 12.5 Å². The summed E-state index contributed by atoms with van der Waals surface area (Å²) in [5, 5.41) is 3.02. The van der Waals surface area contributed by atoms with Crippen molar-refractivity contribution in [2.75, 3.05) is 26.2 Å². The normalized spacial score (nSPS) is 19.8. The number of hydrogen-bond acceptors (Lipinski definition) is 3. The van der Waals surface area contributed by atoms with E-state index in [2.05, 4.69) is 22.4 Å². The third kappa shape index (κ3) is 5.44. The Labute approximate surface area is 212 Å². The zero-order valence-electron chi connectivity index (χ0n) is 20.7. The molecule has 0 spiro atoms. The Morgan fingerprint density at radius 3 is 2.53 bits per heavy atom. The molecule has 2 amide bonds. The van der Waals surface area contributed by atoms with E-state index in [0.29, 0.717) is 24.1 Å². The van der Waals surface area contributed by atoms with Crippen LogP contribution in [0.4, 0.5) is 4.39 Å². The number of amides is 2. The Hall–Kier alpha value is -3.25. The van der Waals surface area contributed by atoms with Crippen LogP contribution in [0.1, 0.15) is 53.6 Å². The van der Waals surface area contributed by atoms with Crippen molar-refractivity contribution in [3.8, 4) is 0 Å². The van der Waals surface area contributed by atoms with Crippen LogP contribution in [-0.4, -0.2) is 47.8 Å². The summed E-state index contributed by atoms with van der Waals surface area (Å²) in [4.78, 5) is 30.2. The first-order valence-corrected chi connectivity index (χ1v) is 13.1. The van der Waals surface area contributed by atoms with Crippen LogP contribution >= 0.6 is 0 Å². The van der Waals surface area contributed by atoms with Crippen molar-refractivity contribution in [1.29, 1.82) is 0 Å². The van der Waals surface area contributed by atoms with E-state index < -0.39 is 0 Å². The minimum atomic E-state index is -0.291. The number of nitrogens with one attached hydrogen (secondary N) is 1. The Bertz CT molecular complexity index is 1160. The summed E-state index contributed by atoms with van der Waals surface area (Å²) in [5.74, 6) is -0.622. The van der Waals surface area contributed by atoms with Gasteiger partial charge in [0.2, 0.25) is 5.91 Å². The second-order valence-electron chi connectivity index (χ2n) is 9.95. The number of benzene rings is 2. The SMILES string of the molecule is O=C(NCCCN1CCCC1)c1ccc(CC2C(=O)N(Cc3ccccc3F)C3=CCCC=C32)cc1. The summed E-state index contributed by atoms with van der Waals surface area (Å²) in [6, 6.07) is 14.2. The predicted molar refractivity (Wildman–Crippen MR) is 139 cm³/mol. The number of allylic oxidation sites excluding steroid dienone is 3. The zero-order chi connectivity index (χ0) is 24.9. The topological polar surface area (TPSA) is 52.7 Å². The lowest BCUT2D eigenvalue weighted by Crippen LogP contribution is -2.28. The summed E-state index contributed by atoms with van der Waals surface area (Å²) in [7, 11) is 0. The first-order chi connectivity index (χ1) is 17.6. The van der Waals surface area contributed by atoms with Gasteiger partial charge in [0.1, 0.15) is 5.82 Å². The standard InChI is InChI=1S/C30H34FN3O2/c31-27-10-3-1-8-24(27)21-34-28-11-4-2-9-25(28)26(30(34)36)20-22-12-14-23(15-13-22)29(35)32-16-7-19-33-17-5-6-18-33/h1,3,8-15,26H,2,4-7,16-21H2,(H,32,35). The molecule has 1 unspecified atom stereocenters. The first kappa shape index (κ1) is 24.4. The van der Waals surface area contributed by atoms with Gasteiger partial charge in [-0.05, 0) is 87.5 Å². The van der Waals surface area contributed by atoms with Gasteiger partial charge in [-0.15, -0.1) is 0 Å². The highest BCUT2D eigenvalue weighted by Gasteiger charge is 2.40. The Kier molecular flexibility index (Phi) is 7.61. The molecule has 188 valence electrons. The van der Waals surface area contributed by atoms with Gasteiger partial charge in [0.25, 0.3) is 5.91 Å². The van der Waals surface area contributed by atoms with Crippen molar-refractivity contribution in [2.24, 2.45) is 5.92 Å². The van der Waals surface area contributed by atoms with E-state index in [1.807, 2.05) is 24.3 Å². The highest BCUT2D eigenvalue weighted by atomic mass is 19.1. The van der Waals surface area contributed by atoms with Crippen molar-refractivity contribution in [3.63, 3.8) is 0 Å². The number of halogens is 1. The number of fused-ring (bicyclic) bond motifs is 1. The third-order valence-electron chi connectivity index (χ3n) is 7.47. The Balaban J connectivity index is 1.20. The van der Waals surface area contributed by atoms with Gasteiger partial charge in [-0.2, -0.15) is 0 Å². The van der Waals surface area contributed by atoms with Crippen LogP contribution in [0, 0.1) is 11.7 Å². The number of carbonyl (C=O) groups excluding carboxylic acids is 2. The second-order valence-corrected chi connectivity index (χ2v) is 9.95. The van der Waals surface area contributed by atoms with Crippen molar-refractivity contribution < 1.29 is 14.0 Å². The molecule has 36 heavy (non-hydrogen) atoms. The highest BCUT2D eigenvalue weighted by molar-refractivity contribution is 5.94. The molecule has 2 aromatic rings. The minimum absolute atomic E-state index is 0.0116. The molecule has 3 aliphatic rings. The molecule has 2 fully saturated rings. The third-order valence-corrected chi connectivity index (χ3v) is 7.47. The van der Waals surface area contributed by atoms with Crippen molar-refractivity contribution in [3.05, 3.63) is 94.5 Å². The van der Waals surface area contributed by atoms with E-state index in [4.69, 9.17) is 0 Å². The van der Waals surface area contributed by atoms with Crippen molar-refractivity contribution in [2.45, 2.75) is 45.1 Å². The van der Waals surface area contributed by atoms with Gasteiger partial charge in [-0.25, -0.2) is 4.39 Å². The molecule has 2 aliphatic heterocycles. The van der Waals surface area contributed by atoms with E-state index in [-0.39, 0.29) is 30.1 Å². The lowest BCUT2D eigenvalue weighted by atomic mass is 9.89. The molecule has 0 radical (unpaired) electrons. The lowest BCUT2D eigenvalue weighted by molar-refractivity contribution is -0.130. The molecule has 1 atom stereocenters. The smallest absolute Gasteiger partial charge is 0.251 e. The fraction of sp³-hybridized carbons (Fsp3) is 0.400. The molecule has 2 heterocycles. The van der Waals surface area contributed by atoms with Crippen molar-refractivity contribution in [1.82, 2.24) is 15.1 Å². The van der Waals surface area contributed by atoms with E-state index in [1.54, 1.807) is 23.1 Å². The van der Waals surface area contributed by atoms with Crippen LogP contribution in [-0.2, 0) is 17.8 Å². The minimum Gasteiger partial charge on any atom is -0.352 e. The molecule has 0 bridgehead atoms. The van der Waals surface area contributed by atoms with Crippen LogP contribution in [0.25, 0.3) is 0 Å². The summed E-state index contributed by atoms with van der Waals surface area (Å²) in [6.45, 7) is 4.30. The van der Waals surface area contributed by atoms with E-state index in [0.717, 1.165) is 42.6 Å². The molecule has 6 heteroatoms. The van der Waals surface area contributed by atoms with Gasteiger partial charge in [-0.3, -0.25) is 9.59 Å². The average molecular weight is 488 g/mol. The lowest BCUT2D eigenvalue weighted by Gasteiger charge is -2.20. The molecule has 0 aromatic heterocycles. The number of hydrogen-bond donors (Lipinski definition) is 1. The largest absolute Gasteiger partial charge is 0.352 e. The molecular formula is C30H34FN3O2. The van der Waals surface area contributed by atoms with Gasteiger partial charge >= 0.3 is 0 Å². The molecule has 2 saturated heterocycles. The molecule has 5 rings (SSSR count). The highest BCUT2D eigenvalue weighted by Crippen LogP contribution is 2.40. The monoisotopic (exact) mass is 487 g/mol. The fourth-order valence-electron chi connectivity index (χ4n) is 5.51. The molecule has 5 nitrogen and oxygen atoms in total. The fourth-order valence-corrected chi connectivity index (χ4v) is 5.51. The summed E-state index contributed by atoms with van der Waals surface area (Å²) in [6.07, 6.45) is 10.1. The first-order valence-electron chi connectivity index (χ1n) is 13.1. The molecule has 1 aliphatic carbocycles. The maximum atomic E-state index is 14.3. The van der Waals surface area contributed by atoms with E-state index in [1.165, 1.54) is 32.0 Å². The van der Waals surface area contributed by atoms with Gasteiger partial charge in [-0.1, -0.05) is 42.5 Å². The average Bonchev–Trinajstić information content (AvgIpc) is 3.51. The summed E-state index contributed by atoms with van der Waals surface area (Å²) in [5.41, 5.74) is 4.13. The summed E-state index contributed by atoms with van der Waals surface area (Å²) >= 11 is 0. The zero-order valence-corrected chi connectivity index (χ0v) is 20.7. The number of carbonyl (C=O) groups is 2. The second kappa shape index (κ2) is 11.2. The van der Waals surface area contributed by atoms with Gasteiger partial charge < -0.3 is 15.1 Å². The van der Waals surface area contributed by atoms with E-state index in [9.17, 15) is 14.0 Å². The number of rotatable bonds is 9. The van der Waals surface area contributed by atoms with Gasteiger partial charge in [0, 0.05) is 23.4 Å². The van der Waals surface area contributed by atoms with Crippen molar-refractivity contribution >= 4 is 11.8 Å². The maximum Gasteiger partial charge on any atom is 0.251 e. The Morgan fingerprint density at radius 2 is 1.75 bits per heavy atom. The summed E-state index contributed by atoms with van der Waals surface area (Å²) < 4.78 is 14.3.